The molecule has 4 nitrogen and oxygen atoms in total. The Morgan fingerprint density at radius 1 is 1.30 bits per heavy atom. The van der Waals surface area contributed by atoms with Gasteiger partial charge in [-0.1, -0.05) is 6.07 Å². The molecule has 3 aromatic rings. The number of hydrogen-bond donors (Lipinski definition) is 1. The fourth-order valence-electron chi connectivity index (χ4n) is 2.04. The van der Waals surface area contributed by atoms with Crippen molar-refractivity contribution in [3.63, 3.8) is 0 Å². The van der Waals surface area contributed by atoms with Crippen LogP contribution in [0.15, 0.2) is 30.5 Å². The largest absolute Gasteiger partial charge is 0.361 e. The highest BCUT2D eigenvalue weighted by molar-refractivity contribution is 7.18. The van der Waals surface area contributed by atoms with Gasteiger partial charge in [0.2, 0.25) is 5.28 Å². The van der Waals surface area contributed by atoms with Crippen molar-refractivity contribution in [1.29, 1.82) is 0 Å². The normalized spacial score (nSPS) is 12.6. The first-order chi connectivity index (χ1) is 9.63. The molecule has 0 aromatic carbocycles. The molecule has 0 aliphatic carbocycles. The summed E-state index contributed by atoms with van der Waals surface area (Å²) in [5.74, 6) is 0.752. The minimum absolute atomic E-state index is 0.0468. The molecule has 0 bridgehead atoms. The summed E-state index contributed by atoms with van der Waals surface area (Å²) in [7, 11) is 0. The van der Waals surface area contributed by atoms with Gasteiger partial charge >= 0.3 is 0 Å². The molecule has 1 unspecified atom stereocenters. The van der Waals surface area contributed by atoms with Crippen LogP contribution in [0.1, 0.15) is 23.5 Å². The first kappa shape index (κ1) is 13.3. The van der Waals surface area contributed by atoms with Crippen LogP contribution in [0, 0.1) is 6.92 Å². The van der Waals surface area contributed by atoms with Crippen LogP contribution in [0.2, 0.25) is 5.28 Å². The van der Waals surface area contributed by atoms with Crippen LogP contribution in [0.25, 0.3) is 10.2 Å². The Balaban J connectivity index is 1.98. The van der Waals surface area contributed by atoms with E-state index in [9.17, 15) is 0 Å². The molecule has 1 atom stereocenters. The number of aryl methyl sites for hydroxylation is 1. The van der Waals surface area contributed by atoms with E-state index in [-0.39, 0.29) is 11.3 Å². The predicted molar refractivity (Wildman–Crippen MR) is 83.4 cm³/mol. The Morgan fingerprint density at radius 3 is 2.90 bits per heavy atom. The maximum Gasteiger partial charge on any atom is 0.225 e. The topological polar surface area (TPSA) is 50.7 Å². The Hall–Kier alpha value is -1.72. The van der Waals surface area contributed by atoms with E-state index in [1.807, 2.05) is 32.0 Å². The van der Waals surface area contributed by atoms with E-state index in [1.165, 1.54) is 4.88 Å². The average Bonchev–Trinajstić information content (AvgIpc) is 2.80. The summed E-state index contributed by atoms with van der Waals surface area (Å²) in [6, 6.07) is 7.97. The molecular weight excluding hydrogens is 292 g/mol. The van der Waals surface area contributed by atoms with Crippen molar-refractivity contribution in [2.75, 3.05) is 5.32 Å². The molecule has 0 spiro atoms. The van der Waals surface area contributed by atoms with Crippen molar-refractivity contribution in [3.05, 3.63) is 46.3 Å². The minimum atomic E-state index is 0.0468. The van der Waals surface area contributed by atoms with Crippen molar-refractivity contribution in [1.82, 2.24) is 15.0 Å². The van der Waals surface area contributed by atoms with Gasteiger partial charge in [0.1, 0.15) is 10.6 Å². The van der Waals surface area contributed by atoms with Gasteiger partial charge in [-0.25, -0.2) is 9.97 Å². The van der Waals surface area contributed by atoms with Gasteiger partial charge in [0, 0.05) is 11.1 Å². The summed E-state index contributed by atoms with van der Waals surface area (Å²) in [6.07, 6.45) is 1.78. The molecule has 20 heavy (non-hydrogen) atoms. The van der Waals surface area contributed by atoms with Gasteiger partial charge in [-0.3, -0.25) is 4.98 Å². The molecule has 0 saturated carbocycles. The molecule has 1 N–H and O–H groups in total. The van der Waals surface area contributed by atoms with Gasteiger partial charge in [-0.05, 0) is 43.6 Å². The number of nitrogens with zero attached hydrogens (tertiary/aromatic N) is 3. The van der Waals surface area contributed by atoms with Crippen LogP contribution in [0.4, 0.5) is 5.82 Å². The van der Waals surface area contributed by atoms with Gasteiger partial charge in [-0.2, -0.15) is 0 Å². The van der Waals surface area contributed by atoms with Crippen LogP contribution >= 0.6 is 22.9 Å². The number of halogens is 1. The standard InChI is InChI=1S/C14H13ClN4S/c1-8-7-10-12(18-14(15)19-13(10)20-8)17-9(2)11-5-3-4-6-16-11/h3-7,9H,1-2H3,(H,17,18,19). The van der Waals surface area contributed by atoms with Gasteiger partial charge in [0.15, 0.2) is 0 Å². The highest BCUT2D eigenvalue weighted by Crippen LogP contribution is 2.31. The second kappa shape index (κ2) is 5.34. The zero-order valence-electron chi connectivity index (χ0n) is 11.1. The van der Waals surface area contributed by atoms with Gasteiger partial charge in [0.25, 0.3) is 0 Å². The van der Waals surface area contributed by atoms with Crippen molar-refractivity contribution in [2.24, 2.45) is 0 Å². The molecule has 0 aliphatic rings. The second-order valence-electron chi connectivity index (χ2n) is 4.54. The van der Waals surface area contributed by atoms with E-state index in [2.05, 4.69) is 26.3 Å². The number of thiophene rings is 1. The zero-order chi connectivity index (χ0) is 14.1. The average molecular weight is 305 g/mol. The Labute approximate surface area is 125 Å². The molecule has 3 aromatic heterocycles. The molecule has 0 aliphatic heterocycles. The lowest BCUT2D eigenvalue weighted by Gasteiger charge is -2.14. The number of nitrogens with one attached hydrogen (secondary N) is 1. The van der Waals surface area contributed by atoms with Crippen molar-refractivity contribution in [2.45, 2.75) is 19.9 Å². The number of hydrogen-bond acceptors (Lipinski definition) is 5. The van der Waals surface area contributed by atoms with Gasteiger partial charge < -0.3 is 5.32 Å². The summed E-state index contributed by atoms with van der Waals surface area (Å²) in [5, 5.41) is 4.62. The van der Waals surface area contributed by atoms with Crippen molar-refractivity contribution >= 4 is 39.0 Å². The quantitative estimate of drug-likeness (QED) is 0.736. The number of rotatable bonds is 3. The highest BCUT2D eigenvalue weighted by atomic mass is 35.5. The van der Waals surface area contributed by atoms with Crippen LogP contribution in [-0.4, -0.2) is 15.0 Å². The molecule has 102 valence electrons. The maximum atomic E-state index is 5.99. The number of aromatic nitrogens is 3. The fourth-order valence-corrected chi connectivity index (χ4v) is 3.14. The molecule has 0 fully saturated rings. The summed E-state index contributed by atoms with van der Waals surface area (Å²) >= 11 is 7.60. The number of fused-ring (bicyclic) bond motifs is 1. The third-order valence-electron chi connectivity index (χ3n) is 2.97. The maximum absolute atomic E-state index is 5.99. The van der Waals surface area contributed by atoms with E-state index in [4.69, 9.17) is 11.6 Å². The summed E-state index contributed by atoms with van der Waals surface area (Å²) < 4.78 is 0. The molecule has 0 amide bonds. The van der Waals surface area contributed by atoms with Crippen LogP contribution < -0.4 is 5.32 Å². The van der Waals surface area contributed by atoms with Crippen LogP contribution in [0.5, 0.6) is 0 Å². The lowest BCUT2D eigenvalue weighted by molar-refractivity contribution is 0.833. The second-order valence-corrected chi connectivity index (χ2v) is 6.11. The van der Waals surface area contributed by atoms with Crippen LogP contribution in [-0.2, 0) is 0 Å². The first-order valence-corrected chi connectivity index (χ1v) is 7.44. The smallest absolute Gasteiger partial charge is 0.225 e. The van der Waals surface area contributed by atoms with E-state index in [0.29, 0.717) is 0 Å². The molecule has 0 radical (unpaired) electrons. The van der Waals surface area contributed by atoms with E-state index >= 15 is 0 Å². The summed E-state index contributed by atoms with van der Waals surface area (Å²) in [4.78, 5) is 15.0. The summed E-state index contributed by atoms with van der Waals surface area (Å²) in [5.41, 5.74) is 0.960. The van der Waals surface area contributed by atoms with Crippen LogP contribution in [0.3, 0.4) is 0 Å². The Morgan fingerprint density at radius 2 is 2.15 bits per heavy atom. The first-order valence-electron chi connectivity index (χ1n) is 6.24. The minimum Gasteiger partial charge on any atom is -0.361 e. The van der Waals surface area contributed by atoms with E-state index in [1.54, 1.807) is 17.5 Å². The lowest BCUT2D eigenvalue weighted by atomic mass is 10.2. The molecule has 3 heterocycles. The fraction of sp³-hybridized carbons (Fsp3) is 0.214. The highest BCUT2D eigenvalue weighted by Gasteiger charge is 2.13. The summed E-state index contributed by atoms with van der Waals surface area (Å²) in [6.45, 7) is 4.09. The Bertz CT molecular complexity index is 742. The van der Waals surface area contributed by atoms with E-state index in [0.717, 1.165) is 21.7 Å². The third kappa shape index (κ3) is 2.59. The van der Waals surface area contributed by atoms with Gasteiger partial charge in [0.05, 0.1) is 17.1 Å². The van der Waals surface area contributed by atoms with Gasteiger partial charge in [-0.15, -0.1) is 11.3 Å². The zero-order valence-corrected chi connectivity index (χ0v) is 12.7. The number of anilines is 1. The molecular formula is C14H13ClN4S. The monoisotopic (exact) mass is 304 g/mol. The number of pyridine rings is 1. The molecule has 0 saturated heterocycles. The SMILES string of the molecule is Cc1cc2c(NC(C)c3ccccn3)nc(Cl)nc2s1. The van der Waals surface area contributed by atoms with Crippen molar-refractivity contribution < 1.29 is 0 Å². The lowest BCUT2D eigenvalue weighted by Crippen LogP contribution is -2.09. The molecule has 3 rings (SSSR count). The van der Waals surface area contributed by atoms with E-state index < -0.39 is 0 Å². The van der Waals surface area contributed by atoms with Crippen molar-refractivity contribution in [3.8, 4) is 0 Å². The molecule has 6 heteroatoms. The third-order valence-corrected chi connectivity index (χ3v) is 4.09. The Kier molecular flexibility index (Phi) is 3.54. The predicted octanol–water partition coefficient (Wildman–Crippen LogP) is 4.22.